The van der Waals surface area contributed by atoms with Crippen LogP contribution in [0.1, 0.15) is 26.7 Å². The second kappa shape index (κ2) is 4.81. The maximum atomic E-state index is 5.33. The van der Waals surface area contributed by atoms with E-state index in [1.54, 1.807) is 7.11 Å². The Morgan fingerprint density at radius 3 is 2.95 bits per heavy atom. The zero-order valence-corrected chi connectivity index (χ0v) is 11.9. The van der Waals surface area contributed by atoms with E-state index in [-0.39, 0.29) is 0 Å². The molecule has 0 aromatic carbocycles. The van der Waals surface area contributed by atoms with Gasteiger partial charge < -0.3 is 15.1 Å². The number of nitrogens with zero attached hydrogens (tertiary/aromatic N) is 3. The van der Waals surface area contributed by atoms with Crippen molar-refractivity contribution in [1.29, 1.82) is 0 Å². The summed E-state index contributed by atoms with van der Waals surface area (Å²) < 4.78 is 0. The van der Waals surface area contributed by atoms with Crippen LogP contribution in [0.4, 0.5) is 0 Å². The summed E-state index contributed by atoms with van der Waals surface area (Å²) in [6, 6.07) is 0. The molecule has 0 fully saturated rings. The van der Waals surface area contributed by atoms with E-state index in [1.165, 1.54) is 22.8 Å². The van der Waals surface area contributed by atoms with Crippen LogP contribution in [0.25, 0.3) is 0 Å². The minimum atomic E-state index is 0.777. The molecule has 5 nitrogen and oxygen atoms in total. The third kappa shape index (κ3) is 2.08. The molecule has 3 aliphatic rings. The average molecular weight is 262 g/mol. The van der Waals surface area contributed by atoms with Gasteiger partial charge in [0.05, 0.1) is 31.2 Å². The molecule has 0 saturated carbocycles. The smallest absolute Gasteiger partial charge is 0.134 e. The van der Waals surface area contributed by atoms with Gasteiger partial charge in [-0.1, -0.05) is 12.5 Å². The lowest BCUT2D eigenvalue weighted by Gasteiger charge is -2.41. The second-order valence-electron chi connectivity index (χ2n) is 5.29. The summed E-state index contributed by atoms with van der Waals surface area (Å²) >= 11 is 0. The molecular formula is C14H22N4O. The highest BCUT2D eigenvalue weighted by molar-refractivity contribution is 5.33. The number of hydrogen-bond donors (Lipinski definition) is 1. The Morgan fingerprint density at radius 1 is 1.37 bits per heavy atom. The predicted molar refractivity (Wildman–Crippen MR) is 74.0 cm³/mol. The summed E-state index contributed by atoms with van der Waals surface area (Å²) in [7, 11) is 1.72. The van der Waals surface area contributed by atoms with Crippen LogP contribution in [-0.2, 0) is 4.84 Å². The van der Waals surface area contributed by atoms with Gasteiger partial charge in [0.15, 0.2) is 0 Å². The molecule has 0 radical (unpaired) electrons. The van der Waals surface area contributed by atoms with Gasteiger partial charge in [-0.3, -0.25) is 4.84 Å². The van der Waals surface area contributed by atoms with Gasteiger partial charge in [-0.05, 0) is 13.3 Å². The molecule has 0 spiro atoms. The van der Waals surface area contributed by atoms with Gasteiger partial charge in [0.2, 0.25) is 0 Å². The topological polar surface area (TPSA) is 31.0 Å². The van der Waals surface area contributed by atoms with Crippen LogP contribution in [0.5, 0.6) is 0 Å². The third-order valence-electron chi connectivity index (χ3n) is 3.73. The summed E-state index contributed by atoms with van der Waals surface area (Å²) in [6.07, 6.45) is 6.52. The number of nitrogens with one attached hydrogen (secondary N) is 1. The van der Waals surface area contributed by atoms with Crippen molar-refractivity contribution >= 4 is 0 Å². The standard InChI is InChI=1S/C14H22N4O/c1-4-5-16-8-11(2)6-13-14(16)18-10-17(19-3)9-12(18)7-15-13/h8-9,15H,4-7,10H2,1-3H3. The Labute approximate surface area is 114 Å². The fourth-order valence-electron chi connectivity index (χ4n) is 2.93. The molecule has 3 rings (SSSR count). The van der Waals surface area contributed by atoms with E-state index in [4.69, 9.17) is 4.84 Å². The third-order valence-corrected chi connectivity index (χ3v) is 3.73. The maximum Gasteiger partial charge on any atom is 0.134 e. The van der Waals surface area contributed by atoms with Gasteiger partial charge in [-0.25, -0.2) is 5.06 Å². The zero-order valence-electron chi connectivity index (χ0n) is 11.9. The summed E-state index contributed by atoms with van der Waals surface area (Å²) in [4.78, 5) is 10.1. The predicted octanol–water partition coefficient (Wildman–Crippen LogP) is 1.76. The van der Waals surface area contributed by atoms with Crippen molar-refractivity contribution in [2.45, 2.75) is 26.7 Å². The largest absolute Gasteiger partial charge is 0.380 e. The molecule has 3 heterocycles. The number of hydroxylamine groups is 2. The van der Waals surface area contributed by atoms with Crippen LogP contribution in [0.2, 0.25) is 0 Å². The molecule has 0 aromatic heterocycles. The van der Waals surface area contributed by atoms with Crippen molar-refractivity contribution in [3.8, 4) is 0 Å². The van der Waals surface area contributed by atoms with Crippen LogP contribution in [0.3, 0.4) is 0 Å². The van der Waals surface area contributed by atoms with E-state index in [9.17, 15) is 0 Å². The van der Waals surface area contributed by atoms with Crippen molar-refractivity contribution in [3.63, 3.8) is 0 Å². The van der Waals surface area contributed by atoms with E-state index >= 15 is 0 Å². The monoisotopic (exact) mass is 262 g/mol. The van der Waals surface area contributed by atoms with Crippen molar-refractivity contribution < 1.29 is 4.84 Å². The van der Waals surface area contributed by atoms with E-state index in [1.807, 2.05) is 5.06 Å². The lowest BCUT2D eigenvalue weighted by atomic mass is 10.1. The average Bonchev–Trinajstić information content (AvgIpc) is 2.81. The van der Waals surface area contributed by atoms with Crippen LogP contribution in [0, 0.1) is 0 Å². The highest BCUT2D eigenvalue weighted by Gasteiger charge is 2.34. The maximum absolute atomic E-state index is 5.33. The molecular weight excluding hydrogens is 240 g/mol. The van der Waals surface area contributed by atoms with Crippen molar-refractivity contribution in [2.75, 3.05) is 26.9 Å². The summed E-state index contributed by atoms with van der Waals surface area (Å²) in [5, 5.41) is 5.44. The van der Waals surface area contributed by atoms with Crippen LogP contribution < -0.4 is 5.32 Å². The quantitative estimate of drug-likeness (QED) is 0.837. The van der Waals surface area contributed by atoms with Gasteiger partial charge in [0.1, 0.15) is 12.5 Å². The minimum absolute atomic E-state index is 0.777. The molecule has 19 heavy (non-hydrogen) atoms. The molecule has 0 amide bonds. The first-order valence-electron chi connectivity index (χ1n) is 6.93. The van der Waals surface area contributed by atoms with E-state index in [0.717, 1.165) is 32.6 Å². The van der Waals surface area contributed by atoms with Gasteiger partial charge >= 0.3 is 0 Å². The fourth-order valence-corrected chi connectivity index (χ4v) is 2.93. The molecule has 104 valence electrons. The summed E-state index contributed by atoms with van der Waals surface area (Å²) in [5.74, 6) is 1.30. The molecule has 0 aromatic rings. The molecule has 1 N–H and O–H groups in total. The Morgan fingerprint density at radius 2 is 2.21 bits per heavy atom. The number of fused-ring (bicyclic) bond motifs is 2. The number of hydrogen-bond acceptors (Lipinski definition) is 5. The molecule has 0 aliphatic carbocycles. The molecule has 0 bridgehead atoms. The molecule has 0 saturated heterocycles. The minimum Gasteiger partial charge on any atom is -0.380 e. The normalized spacial score (nSPS) is 21.9. The SMILES string of the molecule is CCCN1C=C(C)CC2=C1N1CN(OC)C=C1CN2. The Bertz CT molecular complexity index is 466. The van der Waals surface area contributed by atoms with Gasteiger partial charge in [-0.15, -0.1) is 0 Å². The molecule has 0 unspecified atom stereocenters. The highest BCUT2D eigenvalue weighted by Crippen LogP contribution is 2.34. The summed E-state index contributed by atoms with van der Waals surface area (Å²) in [6.45, 7) is 7.13. The number of allylic oxidation sites excluding steroid dienone is 1. The lowest BCUT2D eigenvalue weighted by molar-refractivity contribution is -0.0970. The lowest BCUT2D eigenvalue weighted by Crippen LogP contribution is -2.44. The summed E-state index contributed by atoms with van der Waals surface area (Å²) in [5.41, 5.74) is 4.02. The first-order valence-corrected chi connectivity index (χ1v) is 6.93. The van der Waals surface area contributed by atoms with E-state index < -0.39 is 0 Å². The van der Waals surface area contributed by atoms with Gasteiger partial charge in [-0.2, -0.15) is 0 Å². The van der Waals surface area contributed by atoms with Crippen LogP contribution in [0.15, 0.2) is 35.2 Å². The van der Waals surface area contributed by atoms with Crippen LogP contribution >= 0.6 is 0 Å². The highest BCUT2D eigenvalue weighted by atomic mass is 16.7. The first-order chi connectivity index (χ1) is 9.22. The fraction of sp³-hybridized carbons (Fsp3) is 0.571. The molecule has 5 heteroatoms. The van der Waals surface area contributed by atoms with Crippen molar-refractivity contribution in [3.05, 3.63) is 35.2 Å². The Kier molecular flexibility index (Phi) is 3.14. The van der Waals surface area contributed by atoms with Crippen molar-refractivity contribution in [2.24, 2.45) is 0 Å². The Balaban J connectivity index is 1.91. The number of rotatable bonds is 3. The van der Waals surface area contributed by atoms with E-state index in [2.05, 4.69) is 41.4 Å². The molecule has 3 aliphatic heterocycles. The Hall–Kier alpha value is -1.62. The molecule has 0 atom stereocenters. The van der Waals surface area contributed by atoms with E-state index in [0.29, 0.717) is 0 Å². The van der Waals surface area contributed by atoms with Gasteiger partial charge in [0.25, 0.3) is 0 Å². The zero-order chi connectivity index (χ0) is 13.4. The second-order valence-corrected chi connectivity index (χ2v) is 5.29. The van der Waals surface area contributed by atoms with Gasteiger partial charge in [0, 0.05) is 19.2 Å². The van der Waals surface area contributed by atoms with Crippen molar-refractivity contribution in [1.82, 2.24) is 20.2 Å². The first kappa shape index (κ1) is 12.4. The van der Waals surface area contributed by atoms with Crippen LogP contribution in [-0.4, -0.2) is 41.7 Å².